The summed E-state index contributed by atoms with van der Waals surface area (Å²) in [5.74, 6) is 1.02. The number of pyridine rings is 1. The first kappa shape index (κ1) is 17.7. The summed E-state index contributed by atoms with van der Waals surface area (Å²) in [4.78, 5) is 17.2. The van der Waals surface area contributed by atoms with Crippen LogP contribution in [0.2, 0.25) is 0 Å². The molecule has 0 aromatic carbocycles. The molecule has 0 radical (unpaired) electrons. The van der Waals surface area contributed by atoms with Crippen molar-refractivity contribution in [3.8, 4) is 5.88 Å². The lowest BCUT2D eigenvalue weighted by Gasteiger charge is -2.37. The van der Waals surface area contributed by atoms with Crippen LogP contribution in [0.3, 0.4) is 0 Å². The molecule has 2 unspecified atom stereocenters. The van der Waals surface area contributed by atoms with Crippen molar-refractivity contribution in [2.24, 2.45) is 5.92 Å². The van der Waals surface area contributed by atoms with E-state index in [1.165, 1.54) is 0 Å². The number of anilines is 1. The van der Waals surface area contributed by atoms with Crippen molar-refractivity contribution in [1.82, 2.24) is 4.98 Å². The third-order valence-corrected chi connectivity index (χ3v) is 4.52. The second-order valence-electron chi connectivity index (χ2n) is 6.48. The van der Waals surface area contributed by atoms with Crippen LogP contribution < -0.4 is 10.1 Å². The van der Waals surface area contributed by atoms with E-state index in [1.54, 1.807) is 13.2 Å². The summed E-state index contributed by atoms with van der Waals surface area (Å²) in [7, 11) is 1.63. The molecule has 1 aliphatic carbocycles. The van der Waals surface area contributed by atoms with Gasteiger partial charge in [0, 0.05) is 13.2 Å². The fraction of sp³-hybridized carbons (Fsp3) is 0.667. The van der Waals surface area contributed by atoms with Gasteiger partial charge in [0.2, 0.25) is 5.88 Å². The summed E-state index contributed by atoms with van der Waals surface area (Å²) in [5.41, 5.74) is 0.747. The standard InChI is InChI=1S/C18H28N2O3/c1-5-11-23-16-9-8-15(14(3)19-16)20-17(21)18(22-4)10-6-7-13(2)12-18/h8-9,13H,5-7,10-12H2,1-4H3,(H,20,21). The lowest BCUT2D eigenvalue weighted by molar-refractivity contribution is -0.143. The van der Waals surface area contributed by atoms with Crippen LogP contribution in [0.5, 0.6) is 5.88 Å². The second-order valence-corrected chi connectivity index (χ2v) is 6.48. The molecule has 1 amide bonds. The average molecular weight is 320 g/mol. The maximum atomic E-state index is 12.8. The van der Waals surface area contributed by atoms with Crippen molar-refractivity contribution in [3.63, 3.8) is 0 Å². The highest BCUT2D eigenvalue weighted by molar-refractivity contribution is 5.97. The Morgan fingerprint density at radius 1 is 1.48 bits per heavy atom. The molecule has 5 heteroatoms. The Morgan fingerprint density at radius 2 is 2.26 bits per heavy atom. The first-order chi connectivity index (χ1) is 11.0. The number of hydrogen-bond donors (Lipinski definition) is 1. The lowest BCUT2D eigenvalue weighted by Crippen LogP contribution is -2.48. The third kappa shape index (κ3) is 4.22. The predicted octanol–water partition coefficient (Wildman–Crippen LogP) is 3.71. The molecule has 0 aliphatic heterocycles. The van der Waals surface area contributed by atoms with Gasteiger partial charge in [0.05, 0.1) is 18.0 Å². The molecule has 1 aromatic rings. The van der Waals surface area contributed by atoms with E-state index in [0.29, 0.717) is 24.1 Å². The molecule has 1 saturated carbocycles. The zero-order valence-corrected chi connectivity index (χ0v) is 14.6. The third-order valence-electron chi connectivity index (χ3n) is 4.52. The van der Waals surface area contributed by atoms with E-state index >= 15 is 0 Å². The molecule has 23 heavy (non-hydrogen) atoms. The molecular formula is C18H28N2O3. The fourth-order valence-electron chi connectivity index (χ4n) is 3.18. The van der Waals surface area contributed by atoms with Crippen LogP contribution in [0.15, 0.2) is 12.1 Å². The number of ether oxygens (including phenoxy) is 2. The summed E-state index contributed by atoms with van der Waals surface area (Å²) < 4.78 is 11.2. The summed E-state index contributed by atoms with van der Waals surface area (Å²) >= 11 is 0. The van der Waals surface area contributed by atoms with Crippen molar-refractivity contribution < 1.29 is 14.3 Å². The van der Waals surface area contributed by atoms with Gasteiger partial charge in [-0.3, -0.25) is 4.79 Å². The molecule has 1 N–H and O–H groups in total. The van der Waals surface area contributed by atoms with E-state index in [4.69, 9.17) is 9.47 Å². The van der Waals surface area contributed by atoms with Crippen LogP contribution in [0.25, 0.3) is 0 Å². The van der Waals surface area contributed by atoms with Gasteiger partial charge >= 0.3 is 0 Å². The highest BCUT2D eigenvalue weighted by atomic mass is 16.5. The van der Waals surface area contributed by atoms with E-state index < -0.39 is 5.60 Å². The van der Waals surface area contributed by atoms with Gasteiger partial charge in [0.15, 0.2) is 0 Å². The molecule has 2 atom stereocenters. The van der Waals surface area contributed by atoms with Gasteiger partial charge in [-0.15, -0.1) is 0 Å². The monoisotopic (exact) mass is 320 g/mol. The number of amides is 1. The highest BCUT2D eigenvalue weighted by Gasteiger charge is 2.42. The van der Waals surface area contributed by atoms with Gasteiger partial charge in [0.25, 0.3) is 5.91 Å². The number of aryl methyl sites for hydroxylation is 1. The Hall–Kier alpha value is -1.62. The number of rotatable bonds is 6. The Balaban J connectivity index is 2.09. The Bertz CT molecular complexity index is 547. The van der Waals surface area contributed by atoms with Gasteiger partial charge < -0.3 is 14.8 Å². The van der Waals surface area contributed by atoms with Crippen LogP contribution in [0.1, 0.15) is 51.6 Å². The van der Waals surface area contributed by atoms with Gasteiger partial charge in [-0.1, -0.05) is 20.3 Å². The van der Waals surface area contributed by atoms with Crippen LogP contribution in [-0.4, -0.2) is 30.2 Å². The topological polar surface area (TPSA) is 60.5 Å². The molecular weight excluding hydrogens is 292 g/mol. The molecule has 1 aliphatic rings. The minimum atomic E-state index is -0.721. The Kier molecular flexibility index (Phi) is 5.99. The SMILES string of the molecule is CCCOc1ccc(NC(=O)C2(OC)CCCC(C)C2)c(C)n1. The number of aromatic nitrogens is 1. The molecule has 0 spiro atoms. The summed E-state index contributed by atoms with van der Waals surface area (Å²) in [6.45, 7) is 6.74. The smallest absolute Gasteiger partial charge is 0.256 e. The van der Waals surface area contributed by atoms with E-state index in [0.717, 1.165) is 37.8 Å². The summed E-state index contributed by atoms with van der Waals surface area (Å²) in [5, 5.41) is 2.99. The molecule has 1 heterocycles. The molecule has 128 valence electrons. The van der Waals surface area contributed by atoms with Crippen molar-refractivity contribution >= 4 is 11.6 Å². The van der Waals surface area contributed by atoms with Crippen LogP contribution in [0.4, 0.5) is 5.69 Å². The van der Waals surface area contributed by atoms with Crippen LogP contribution >= 0.6 is 0 Å². The van der Waals surface area contributed by atoms with E-state index in [-0.39, 0.29) is 5.91 Å². The zero-order valence-electron chi connectivity index (χ0n) is 14.6. The highest BCUT2D eigenvalue weighted by Crippen LogP contribution is 2.36. The summed E-state index contributed by atoms with van der Waals surface area (Å²) in [6.07, 6.45) is 4.64. The van der Waals surface area contributed by atoms with Crippen molar-refractivity contribution in [2.45, 2.75) is 58.5 Å². The van der Waals surface area contributed by atoms with E-state index in [1.807, 2.05) is 13.0 Å². The molecule has 0 bridgehead atoms. The zero-order chi connectivity index (χ0) is 16.9. The van der Waals surface area contributed by atoms with Crippen molar-refractivity contribution in [3.05, 3.63) is 17.8 Å². The molecule has 1 fully saturated rings. The molecule has 2 rings (SSSR count). The predicted molar refractivity (Wildman–Crippen MR) is 90.8 cm³/mol. The van der Waals surface area contributed by atoms with Crippen molar-refractivity contribution in [1.29, 1.82) is 0 Å². The van der Waals surface area contributed by atoms with E-state index in [9.17, 15) is 4.79 Å². The number of hydrogen-bond acceptors (Lipinski definition) is 4. The maximum Gasteiger partial charge on any atom is 0.256 e. The fourth-order valence-corrected chi connectivity index (χ4v) is 3.18. The first-order valence-corrected chi connectivity index (χ1v) is 8.48. The van der Waals surface area contributed by atoms with Crippen LogP contribution in [0, 0.1) is 12.8 Å². The number of methoxy groups -OCH3 is 1. The second kappa shape index (κ2) is 7.77. The number of nitrogens with one attached hydrogen (secondary N) is 1. The first-order valence-electron chi connectivity index (χ1n) is 8.48. The normalized spacial score (nSPS) is 24.3. The number of carbonyl (C=O) groups is 1. The quantitative estimate of drug-likeness (QED) is 0.868. The van der Waals surface area contributed by atoms with Gasteiger partial charge in [0.1, 0.15) is 5.60 Å². The van der Waals surface area contributed by atoms with Gasteiger partial charge in [-0.25, -0.2) is 4.98 Å². The average Bonchev–Trinajstić information content (AvgIpc) is 2.54. The lowest BCUT2D eigenvalue weighted by atomic mass is 9.78. The van der Waals surface area contributed by atoms with Crippen LogP contribution in [-0.2, 0) is 9.53 Å². The maximum absolute atomic E-state index is 12.8. The number of carbonyl (C=O) groups excluding carboxylic acids is 1. The molecule has 0 saturated heterocycles. The van der Waals surface area contributed by atoms with Crippen molar-refractivity contribution in [2.75, 3.05) is 19.0 Å². The largest absolute Gasteiger partial charge is 0.478 e. The Labute approximate surface area is 138 Å². The minimum absolute atomic E-state index is 0.0707. The van der Waals surface area contributed by atoms with E-state index in [2.05, 4.69) is 24.1 Å². The minimum Gasteiger partial charge on any atom is -0.478 e. The Morgan fingerprint density at radius 3 is 2.87 bits per heavy atom. The molecule has 1 aromatic heterocycles. The van der Waals surface area contributed by atoms with Gasteiger partial charge in [-0.05, 0) is 44.6 Å². The number of nitrogens with zero attached hydrogens (tertiary/aromatic N) is 1. The molecule has 5 nitrogen and oxygen atoms in total. The van der Waals surface area contributed by atoms with Gasteiger partial charge in [-0.2, -0.15) is 0 Å². The summed E-state index contributed by atoms with van der Waals surface area (Å²) in [6, 6.07) is 3.64.